The summed E-state index contributed by atoms with van der Waals surface area (Å²) in [5.74, 6) is 0.0732. The zero-order chi connectivity index (χ0) is 21.8. The first-order valence-electron chi connectivity index (χ1n) is 10.7. The first-order valence-corrected chi connectivity index (χ1v) is 10.7. The highest BCUT2D eigenvalue weighted by Crippen LogP contribution is 2.39. The van der Waals surface area contributed by atoms with Crippen molar-refractivity contribution in [3.63, 3.8) is 0 Å². The minimum atomic E-state index is -0.626. The molecule has 1 aliphatic rings. The van der Waals surface area contributed by atoms with Crippen molar-refractivity contribution in [1.82, 2.24) is 9.80 Å². The van der Waals surface area contributed by atoms with Crippen molar-refractivity contribution in [3.8, 4) is 11.1 Å². The minimum absolute atomic E-state index is 0.00891. The molecule has 1 unspecified atom stereocenters. The molecule has 0 aliphatic carbocycles. The van der Waals surface area contributed by atoms with Gasteiger partial charge in [0.1, 0.15) is 0 Å². The van der Waals surface area contributed by atoms with Crippen molar-refractivity contribution in [2.75, 3.05) is 27.2 Å². The second kappa shape index (κ2) is 8.76. The molecule has 1 heterocycles. The number of hydrogen-bond donors (Lipinski definition) is 0. The fraction of sp³-hybridized carbons (Fsp3) is 0.259. The first-order chi connectivity index (χ1) is 15.0. The Morgan fingerprint density at radius 3 is 2.16 bits per heavy atom. The van der Waals surface area contributed by atoms with Gasteiger partial charge in [0.25, 0.3) is 5.91 Å². The molecule has 1 atom stereocenters. The molecular formula is C27H28N2O2. The maximum atomic E-state index is 13.4. The van der Waals surface area contributed by atoms with Gasteiger partial charge < -0.3 is 9.80 Å². The van der Waals surface area contributed by atoms with Gasteiger partial charge in [-0.1, -0.05) is 72.8 Å². The summed E-state index contributed by atoms with van der Waals surface area (Å²) in [7, 11) is 3.60. The third-order valence-electron chi connectivity index (χ3n) is 6.15. The van der Waals surface area contributed by atoms with E-state index in [-0.39, 0.29) is 11.8 Å². The third-order valence-corrected chi connectivity index (χ3v) is 6.15. The quantitative estimate of drug-likeness (QED) is 0.618. The molecule has 3 aromatic rings. The van der Waals surface area contributed by atoms with Crippen LogP contribution in [0.15, 0.2) is 84.9 Å². The SMILES string of the molecule is CN(C)C(=O)C1(Cc2ccccc2-c2ccccc2)CCN(C(=O)c2ccccc2)C1. The van der Waals surface area contributed by atoms with E-state index < -0.39 is 5.41 Å². The summed E-state index contributed by atoms with van der Waals surface area (Å²) in [5, 5.41) is 0. The van der Waals surface area contributed by atoms with Gasteiger partial charge in [0, 0.05) is 32.7 Å². The van der Waals surface area contributed by atoms with Gasteiger partial charge in [-0.25, -0.2) is 0 Å². The van der Waals surface area contributed by atoms with E-state index in [0.29, 0.717) is 31.5 Å². The van der Waals surface area contributed by atoms with E-state index in [4.69, 9.17) is 0 Å². The fourth-order valence-electron chi connectivity index (χ4n) is 4.62. The predicted octanol–water partition coefficient (Wildman–Crippen LogP) is 4.52. The molecule has 3 aromatic carbocycles. The van der Waals surface area contributed by atoms with E-state index >= 15 is 0 Å². The van der Waals surface area contributed by atoms with Crippen molar-refractivity contribution < 1.29 is 9.59 Å². The Labute approximate surface area is 184 Å². The fourth-order valence-corrected chi connectivity index (χ4v) is 4.62. The smallest absolute Gasteiger partial charge is 0.253 e. The lowest BCUT2D eigenvalue weighted by atomic mass is 9.77. The highest BCUT2D eigenvalue weighted by molar-refractivity contribution is 5.95. The molecule has 4 heteroatoms. The van der Waals surface area contributed by atoms with E-state index in [0.717, 1.165) is 16.7 Å². The molecule has 158 valence electrons. The Balaban J connectivity index is 1.67. The number of carbonyl (C=O) groups excluding carboxylic acids is 2. The van der Waals surface area contributed by atoms with Crippen molar-refractivity contribution in [2.45, 2.75) is 12.8 Å². The summed E-state index contributed by atoms with van der Waals surface area (Å²) in [6, 6.07) is 27.9. The van der Waals surface area contributed by atoms with E-state index in [2.05, 4.69) is 24.3 Å². The van der Waals surface area contributed by atoms with Crippen LogP contribution in [0.3, 0.4) is 0 Å². The number of carbonyl (C=O) groups is 2. The van der Waals surface area contributed by atoms with Crippen molar-refractivity contribution in [3.05, 3.63) is 96.1 Å². The number of nitrogens with zero attached hydrogens (tertiary/aromatic N) is 2. The van der Waals surface area contributed by atoms with Crippen LogP contribution in [0, 0.1) is 5.41 Å². The predicted molar refractivity (Wildman–Crippen MR) is 124 cm³/mol. The molecule has 0 spiro atoms. The summed E-state index contributed by atoms with van der Waals surface area (Å²) in [6.07, 6.45) is 1.26. The Kier molecular flexibility index (Phi) is 5.90. The van der Waals surface area contributed by atoms with Crippen LogP contribution in [-0.2, 0) is 11.2 Å². The van der Waals surface area contributed by atoms with Gasteiger partial charge in [-0.05, 0) is 41.7 Å². The zero-order valence-corrected chi connectivity index (χ0v) is 18.1. The van der Waals surface area contributed by atoms with Crippen molar-refractivity contribution in [2.24, 2.45) is 5.41 Å². The van der Waals surface area contributed by atoms with E-state index in [1.54, 1.807) is 19.0 Å². The molecule has 0 aromatic heterocycles. The maximum Gasteiger partial charge on any atom is 0.253 e. The molecule has 1 fully saturated rings. The normalized spacial score (nSPS) is 18.1. The summed E-state index contributed by atoms with van der Waals surface area (Å²) in [4.78, 5) is 30.0. The summed E-state index contributed by atoms with van der Waals surface area (Å²) >= 11 is 0. The van der Waals surface area contributed by atoms with Gasteiger partial charge >= 0.3 is 0 Å². The standard InChI is InChI=1S/C27H28N2O2/c1-28(2)26(31)27(17-18-29(20-27)25(30)22-13-7-4-8-14-22)19-23-15-9-10-16-24(23)21-11-5-3-6-12-21/h3-16H,17-20H2,1-2H3. The molecule has 31 heavy (non-hydrogen) atoms. The molecule has 0 N–H and O–H groups in total. The topological polar surface area (TPSA) is 40.6 Å². The van der Waals surface area contributed by atoms with Crippen molar-refractivity contribution >= 4 is 11.8 Å². The molecule has 4 nitrogen and oxygen atoms in total. The van der Waals surface area contributed by atoms with Gasteiger partial charge in [0.05, 0.1) is 5.41 Å². The van der Waals surface area contributed by atoms with Crippen LogP contribution in [0.25, 0.3) is 11.1 Å². The van der Waals surface area contributed by atoms with Crippen molar-refractivity contribution in [1.29, 1.82) is 0 Å². The van der Waals surface area contributed by atoms with Crippen LogP contribution in [-0.4, -0.2) is 48.8 Å². The molecule has 0 saturated carbocycles. The Bertz CT molecular complexity index is 1060. The number of hydrogen-bond acceptors (Lipinski definition) is 2. The highest BCUT2D eigenvalue weighted by Gasteiger charge is 2.47. The summed E-state index contributed by atoms with van der Waals surface area (Å²) in [5.41, 5.74) is 3.46. The summed E-state index contributed by atoms with van der Waals surface area (Å²) in [6.45, 7) is 1.02. The summed E-state index contributed by atoms with van der Waals surface area (Å²) < 4.78 is 0. The van der Waals surface area contributed by atoms with E-state index in [9.17, 15) is 9.59 Å². The molecule has 1 aliphatic heterocycles. The first kappa shape index (κ1) is 20.9. The number of benzene rings is 3. The van der Waals surface area contributed by atoms with Crippen LogP contribution in [0.5, 0.6) is 0 Å². The lowest BCUT2D eigenvalue weighted by Crippen LogP contribution is -2.44. The Morgan fingerprint density at radius 1 is 0.871 bits per heavy atom. The van der Waals surface area contributed by atoms with Gasteiger partial charge in [-0.2, -0.15) is 0 Å². The molecule has 1 saturated heterocycles. The van der Waals surface area contributed by atoms with Crippen LogP contribution >= 0.6 is 0 Å². The van der Waals surface area contributed by atoms with Crippen LogP contribution in [0.2, 0.25) is 0 Å². The lowest BCUT2D eigenvalue weighted by molar-refractivity contribution is -0.138. The van der Waals surface area contributed by atoms with Crippen LogP contribution in [0.4, 0.5) is 0 Å². The van der Waals surface area contributed by atoms with E-state index in [1.165, 1.54) is 0 Å². The van der Waals surface area contributed by atoms with Gasteiger partial charge in [0.15, 0.2) is 0 Å². The van der Waals surface area contributed by atoms with Crippen LogP contribution in [0.1, 0.15) is 22.3 Å². The second-order valence-corrected chi connectivity index (χ2v) is 8.52. The molecular weight excluding hydrogens is 384 g/mol. The zero-order valence-electron chi connectivity index (χ0n) is 18.1. The minimum Gasteiger partial charge on any atom is -0.348 e. The van der Waals surface area contributed by atoms with Gasteiger partial charge in [-0.15, -0.1) is 0 Å². The van der Waals surface area contributed by atoms with E-state index in [1.807, 2.05) is 65.6 Å². The average Bonchev–Trinajstić information content (AvgIpc) is 3.24. The number of amides is 2. The van der Waals surface area contributed by atoms with Crippen LogP contribution < -0.4 is 0 Å². The molecule has 0 bridgehead atoms. The highest BCUT2D eigenvalue weighted by atomic mass is 16.2. The number of rotatable bonds is 5. The van der Waals surface area contributed by atoms with Gasteiger partial charge in [0.2, 0.25) is 5.91 Å². The van der Waals surface area contributed by atoms with Gasteiger partial charge in [-0.3, -0.25) is 9.59 Å². The molecule has 4 rings (SSSR count). The molecule has 2 amide bonds. The third kappa shape index (κ3) is 4.24. The Morgan fingerprint density at radius 2 is 1.48 bits per heavy atom. The maximum absolute atomic E-state index is 13.4. The lowest BCUT2D eigenvalue weighted by Gasteiger charge is -2.32. The largest absolute Gasteiger partial charge is 0.348 e. The average molecular weight is 413 g/mol. The Hall–Kier alpha value is -3.40. The monoisotopic (exact) mass is 412 g/mol. The molecule has 0 radical (unpaired) electrons. The number of likely N-dealkylation sites (tertiary alicyclic amines) is 1. The second-order valence-electron chi connectivity index (χ2n) is 8.52.